The lowest BCUT2D eigenvalue weighted by Gasteiger charge is -2.20. The van der Waals surface area contributed by atoms with E-state index in [9.17, 15) is 9.90 Å². The minimum absolute atomic E-state index is 0.158. The van der Waals surface area contributed by atoms with Gasteiger partial charge in [0.1, 0.15) is 6.10 Å². The van der Waals surface area contributed by atoms with Crippen LogP contribution < -0.4 is 4.90 Å². The highest BCUT2D eigenvalue weighted by Crippen LogP contribution is 2.31. The van der Waals surface area contributed by atoms with Crippen molar-refractivity contribution in [3.63, 3.8) is 0 Å². The van der Waals surface area contributed by atoms with Crippen molar-refractivity contribution >= 4 is 11.6 Å². The first-order valence-corrected chi connectivity index (χ1v) is 7.70. The number of benzene rings is 2. The van der Waals surface area contributed by atoms with Gasteiger partial charge in [-0.2, -0.15) is 0 Å². The molecule has 0 spiro atoms. The van der Waals surface area contributed by atoms with Gasteiger partial charge < -0.3 is 10.0 Å². The molecule has 0 aliphatic carbocycles. The highest BCUT2D eigenvalue weighted by Gasteiger charge is 2.20. The SMILES string of the molecule is Cc1ccc(C(O)c2ccc3c(c2)CCCC(=O)N3C)cc1. The number of anilines is 1. The van der Waals surface area contributed by atoms with Gasteiger partial charge in [-0.05, 0) is 42.5 Å². The molecule has 1 atom stereocenters. The molecule has 0 radical (unpaired) electrons. The van der Waals surface area contributed by atoms with Gasteiger partial charge in [0.25, 0.3) is 0 Å². The molecule has 0 aromatic heterocycles. The van der Waals surface area contributed by atoms with E-state index in [4.69, 9.17) is 0 Å². The van der Waals surface area contributed by atoms with E-state index in [0.717, 1.165) is 35.2 Å². The van der Waals surface area contributed by atoms with E-state index < -0.39 is 6.10 Å². The average Bonchev–Trinajstić information content (AvgIpc) is 2.67. The Bertz CT molecular complexity index is 691. The summed E-state index contributed by atoms with van der Waals surface area (Å²) in [5, 5.41) is 10.6. The first-order valence-electron chi connectivity index (χ1n) is 7.70. The minimum Gasteiger partial charge on any atom is -0.384 e. The van der Waals surface area contributed by atoms with Gasteiger partial charge in [-0.3, -0.25) is 4.79 Å². The molecule has 1 aliphatic heterocycles. The number of carbonyl (C=O) groups is 1. The summed E-state index contributed by atoms with van der Waals surface area (Å²) in [5.74, 6) is 0.158. The third-order valence-corrected chi connectivity index (χ3v) is 4.38. The molecule has 3 rings (SSSR count). The van der Waals surface area contributed by atoms with Gasteiger partial charge in [-0.25, -0.2) is 0 Å². The summed E-state index contributed by atoms with van der Waals surface area (Å²) in [5.41, 5.74) is 5.05. The predicted octanol–water partition coefficient (Wildman–Crippen LogP) is 3.38. The molecule has 1 N–H and O–H groups in total. The lowest BCUT2D eigenvalue weighted by molar-refractivity contribution is -0.118. The summed E-state index contributed by atoms with van der Waals surface area (Å²) in [6, 6.07) is 13.8. The number of hydrogen-bond donors (Lipinski definition) is 1. The van der Waals surface area contributed by atoms with Crippen LogP contribution in [0.15, 0.2) is 42.5 Å². The second kappa shape index (κ2) is 5.93. The molecular formula is C19H21NO2. The summed E-state index contributed by atoms with van der Waals surface area (Å²) >= 11 is 0. The van der Waals surface area contributed by atoms with Gasteiger partial charge in [-0.15, -0.1) is 0 Å². The molecule has 2 aromatic carbocycles. The molecule has 0 bridgehead atoms. The smallest absolute Gasteiger partial charge is 0.226 e. The Hall–Kier alpha value is -2.13. The van der Waals surface area contributed by atoms with Crippen molar-refractivity contribution in [1.29, 1.82) is 0 Å². The Balaban J connectivity index is 1.94. The van der Waals surface area contributed by atoms with Crippen molar-refractivity contribution in [1.82, 2.24) is 0 Å². The molecule has 3 heteroatoms. The maximum Gasteiger partial charge on any atom is 0.226 e. The number of aryl methyl sites for hydroxylation is 2. The van der Waals surface area contributed by atoms with E-state index in [2.05, 4.69) is 0 Å². The fourth-order valence-corrected chi connectivity index (χ4v) is 2.98. The first-order chi connectivity index (χ1) is 10.6. The quantitative estimate of drug-likeness (QED) is 0.922. The van der Waals surface area contributed by atoms with E-state index in [1.807, 2.05) is 56.4 Å². The zero-order valence-electron chi connectivity index (χ0n) is 13.0. The van der Waals surface area contributed by atoms with Crippen LogP contribution in [0.3, 0.4) is 0 Å². The normalized spacial score (nSPS) is 16.1. The van der Waals surface area contributed by atoms with Crippen molar-refractivity contribution in [2.45, 2.75) is 32.3 Å². The molecule has 22 heavy (non-hydrogen) atoms. The van der Waals surface area contributed by atoms with E-state index in [1.165, 1.54) is 5.56 Å². The zero-order chi connectivity index (χ0) is 15.7. The molecule has 2 aromatic rings. The van der Waals surface area contributed by atoms with Crippen LogP contribution in [-0.4, -0.2) is 18.1 Å². The van der Waals surface area contributed by atoms with Crippen molar-refractivity contribution in [3.05, 3.63) is 64.7 Å². The number of carbonyl (C=O) groups excluding carboxylic acids is 1. The summed E-state index contributed by atoms with van der Waals surface area (Å²) < 4.78 is 0. The Morgan fingerprint density at radius 1 is 1.05 bits per heavy atom. The van der Waals surface area contributed by atoms with E-state index in [0.29, 0.717) is 6.42 Å². The van der Waals surface area contributed by atoms with Gasteiger partial charge in [0.15, 0.2) is 0 Å². The van der Waals surface area contributed by atoms with Gasteiger partial charge in [0.2, 0.25) is 5.91 Å². The molecule has 1 heterocycles. The fourth-order valence-electron chi connectivity index (χ4n) is 2.98. The number of rotatable bonds is 2. The summed E-state index contributed by atoms with van der Waals surface area (Å²) in [7, 11) is 1.82. The molecule has 0 saturated heterocycles. The van der Waals surface area contributed by atoms with Crippen LogP contribution >= 0.6 is 0 Å². The third-order valence-electron chi connectivity index (χ3n) is 4.38. The van der Waals surface area contributed by atoms with Crippen molar-refractivity contribution in [2.24, 2.45) is 0 Å². The maximum atomic E-state index is 11.9. The van der Waals surface area contributed by atoms with Crippen LogP contribution in [0.25, 0.3) is 0 Å². The van der Waals surface area contributed by atoms with Crippen molar-refractivity contribution in [3.8, 4) is 0 Å². The molecule has 1 unspecified atom stereocenters. The Morgan fingerprint density at radius 2 is 1.73 bits per heavy atom. The van der Waals surface area contributed by atoms with Gasteiger partial charge >= 0.3 is 0 Å². The summed E-state index contributed by atoms with van der Waals surface area (Å²) in [6.07, 6.45) is 1.69. The van der Waals surface area contributed by atoms with E-state index in [1.54, 1.807) is 4.90 Å². The van der Waals surface area contributed by atoms with Crippen molar-refractivity contribution in [2.75, 3.05) is 11.9 Å². The lowest BCUT2D eigenvalue weighted by atomic mass is 9.96. The summed E-state index contributed by atoms with van der Waals surface area (Å²) in [6.45, 7) is 2.03. The summed E-state index contributed by atoms with van der Waals surface area (Å²) in [4.78, 5) is 13.7. The van der Waals surface area contributed by atoms with Crippen LogP contribution in [0.4, 0.5) is 5.69 Å². The topological polar surface area (TPSA) is 40.5 Å². The Kier molecular flexibility index (Phi) is 3.99. The van der Waals surface area contributed by atoms with Gasteiger partial charge in [-0.1, -0.05) is 42.0 Å². The monoisotopic (exact) mass is 295 g/mol. The molecule has 0 saturated carbocycles. The Morgan fingerprint density at radius 3 is 2.45 bits per heavy atom. The molecule has 1 aliphatic rings. The number of hydrogen-bond acceptors (Lipinski definition) is 2. The fraction of sp³-hybridized carbons (Fsp3) is 0.316. The first kappa shape index (κ1) is 14.8. The number of fused-ring (bicyclic) bond motifs is 1. The number of aliphatic hydroxyl groups is 1. The van der Waals surface area contributed by atoms with Gasteiger partial charge in [0, 0.05) is 19.2 Å². The molecule has 0 fully saturated rings. The Labute approximate surface area is 131 Å². The highest BCUT2D eigenvalue weighted by atomic mass is 16.3. The van der Waals surface area contributed by atoms with E-state index in [-0.39, 0.29) is 5.91 Å². The average molecular weight is 295 g/mol. The number of amides is 1. The number of aliphatic hydroxyl groups excluding tert-OH is 1. The lowest BCUT2D eigenvalue weighted by Crippen LogP contribution is -2.25. The standard InChI is InChI=1S/C19H21NO2/c1-13-6-8-14(9-7-13)19(22)16-10-11-17-15(12-16)4-3-5-18(21)20(17)2/h6-12,19,22H,3-5H2,1-2H3. The van der Waals surface area contributed by atoms with E-state index >= 15 is 0 Å². The van der Waals surface area contributed by atoms with Gasteiger partial charge in [0.05, 0.1) is 0 Å². The highest BCUT2D eigenvalue weighted by molar-refractivity contribution is 5.94. The molecule has 3 nitrogen and oxygen atoms in total. The van der Waals surface area contributed by atoms with Crippen LogP contribution in [0.5, 0.6) is 0 Å². The largest absolute Gasteiger partial charge is 0.384 e. The molecule has 1 amide bonds. The van der Waals surface area contributed by atoms with Crippen molar-refractivity contribution < 1.29 is 9.90 Å². The second-order valence-electron chi connectivity index (χ2n) is 6.01. The molecule has 114 valence electrons. The minimum atomic E-state index is -0.629. The van der Waals surface area contributed by atoms with Crippen LogP contribution in [0.2, 0.25) is 0 Å². The zero-order valence-corrected chi connectivity index (χ0v) is 13.0. The predicted molar refractivity (Wildman–Crippen MR) is 88.0 cm³/mol. The molecular weight excluding hydrogens is 274 g/mol. The number of nitrogens with zero attached hydrogens (tertiary/aromatic N) is 1. The maximum absolute atomic E-state index is 11.9. The van der Waals surface area contributed by atoms with Crippen LogP contribution in [0, 0.1) is 6.92 Å². The van der Waals surface area contributed by atoms with Crippen LogP contribution in [0.1, 0.15) is 41.2 Å². The second-order valence-corrected chi connectivity index (χ2v) is 6.01. The third kappa shape index (κ3) is 2.77. The van der Waals surface area contributed by atoms with Crippen LogP contribution in [-0.2, 0) is 11.2 Å².